The number of rotatable bonds is 5. The topological polar surface area (TPSA) is 64.0 Å². The van der Waals surface area contributed by atoms with E-state index < -0.39 is 0 Å². The van der Waals surface area contributed by atoms with Crippen LogP contribution in [-0.2, 0) is 19.4 Å². The third kappa shape index (κ3) is 4.07. The molecule has 1 aliphatic heterocycles. The fraction of sp³-hybridized carbons (Fsp3) is 0.308. The normalized spacial score (nSPS) is 17.3. The van der Waals surface area contributed by atoms with Crippen LogP contribution in [0.15, 0.2) is 59.8 Å². The maximum atomic E-state index is 5.43. The van der Waals surface area contributed by atoms with E-state index in [0.717, 1.165) is 60.4 Å². The van der Waals surface area contributed by atoms with Crippen LogP contribution < -0.4 is 15.4 Å². The lowest BCUT2D eigenvalue weighted by Gasteiger charge is -2.23. The number of hydrogen-bond acceptors (Lipinski definition) is 6. The second kappa shape index (κ2) is 8.72. The number of benzene rings is 2. The maximum Gasteiger partial charge on any atom is 0.119 e. The number of anilines is 1. The second-order valence-corrected chi connectivity index (χ2v) is 9.82. The van der Waals surface area contributed by atoms with E-state index in [1.807, 2.05) is 46.9 Å². The summed E-state index contributed by atoms with van der Waals surface area (Å²) in [5.74, 6) is 1.97. The van der Waals surface area contributed by atoms with E-state index >= 15 is 0 Å². The molecule has 6 nitrogen and oxygen atoms in total. The van der Waals surface area contributed by atoms with E-state index in [1.54, 1.807) is 7.11 Å². The van der Waals surface area contributed by atoms with Gasteiger partial charge in [-0.1, -0.05) is 6.07 Å². The van der Waals surface area contributed by atoms with Gasteiger partial charge in [0.05, 0.1) is 24.0 Å². The van der Waals surface area contributed by atoms with Crippen molar-refractivity contribution in [2.75, 3.05) is 24.7 Å². The molecule has 7 heteroatoms. The van der Waals surface area contributed by atoms with Gasteiger partial charge in [-0.3, -0.25) is 4.98 Å². The van der Waals surface area contributed by atoms with E-state index in [2.05, 4.69) is 40.0 Å². The number of pyridine rings is 1. The highest BCUT2D eigenvalue weighted by Crippen LogP contribution is 2.32. The smallest absolute Gasteiger partial charge is 0.119 e. The zero-order valence-corrected chi connectivity index (χ0v) is 19.5. The zero-order chi connectivity index (χ0) is 22.2. The number of thioether (sulfide) groups is 1. The minimum absolute atomic E-state index is 0.461. The summed E-state index contributed by atoms with van der Waals surface area (Å²) in [5.41, 5.74) is 7.13. The SMILES string of the molecule is COc1ccc2nccc(-n3cc4c(n3)CCC(NCc3ccc5c(c3)NCCS5)C4)c2c1. The molecule has 6 rings (SSSR count). The highest BCUT2D eigenvalue weighted by Gasteiger charge is 2.22. The Morgan fingerprint density at radius 3 is 3.12 bits per heavy atom. The van der Waals surface area contributed by atoms with Crippen LogP contribution in [0.1, 0.15) is 23.2 Å². The molecule has 2 aliphatic rings. The molecule has 0 radical (unpaired) electrons. The Morgan fingerprint density at radius 2 is 2.18 bits per heavy atom. The number of nitrogens with one attached hydrogen (secondary N) is 2. The highest BCUT2D eigenvalue weighted by molar-refractivity contribution is 7.99. The number of methoxy groups -OCH3 is 1. The van der Waals surface area contributed by atoms with Crippen LogP contribution in [0.4, 0.5) is 5.69 Å². The van der Waals surface area contributed by atoms with Gasteiger partial charge in [0.25, 0.3) is 0 Å². The summed E-state index contributed by atoms with van der Waals surface area (Å²) in [6.45, 7) is 1.94. The zero-order valence-electron chi connectivity index (χ0n) is 18.7. The summed E-state index contributed by atoms with van der Waals surface area (Å²) in [6, 6.07) is 15.3. The van der Waals surface area contributed by atoms with Crippen molar-refractivity contribution in [2.45, 2.75) is 36.7 Å². The molecule has 33 heavy (non-hydrogen) atoms. The van der Waals surface area contributed by atoms with Gasteiger partial charge in [-0.05, 0) is 66.8 Å². The van der Waals surface area contributed by atoms with Crippen LogP contribution in [0.5, 0.6) is 5.75 Å². The van der Waals surface area contributed by atoms with E-state index in [4.69, 9.17) is 9.84 Å². The van der Waals surface area contributed by atoms with Gasteiger partial charge in [0.15, 0.2) is 0 Å². The van der Waals surface area contributed by atoms with Crippen molar-refractivity contribution >= 4 is 28.4 Å². The second-order valence-electron chi connectivity index (χ2n) is 8.69. The van der Waals surface area contributed by atoms with Gasteiger partial charge in [0.1, 0.15) is 5.75 Å². The van der Waals surface area contributed by atoms with Crippen molar-refractivity contribution < 1.29 is 4.74 Å². The van der Waals surface area contributed by atoms with Gasteiger partial charge in [0, 0.05) is 53.2 Å². The quantitative estimate of drug-likeness (QED) is 0.457. The molecule has 4 aromatic rings. The lowest BCUT2D eigenvalue weighted by Crippen LogP contribution is -2.33. The first-order chi connectivity index (χ1) is 16.3. The number of fused-ring (bicyclic) bond motifs is 3. The van der Waals surface area contributed by atoms with Gasteiger partial charge in [-0.2, -0.15) is 5.10 Å². The predicted octanol–water partition coefficient (Wildman–Crippen LogP) is 4.59. The van der Waals surface area contributed by atoms with Crippen molar-refractivity contribution in [3.8, 4) is 11.4 Å². The third-order valence-electron chi connectivity index (χ3n) is 6.56. The Kier molecular flexibility index (Phi) is 5.44. The van der Waals surface area contributed by atoms with Gasteiger partial charge < -0.3 is 15.4 Å². The van der Waals surface area contributed by atoms with Gasteiger partial charge >= 0.3 is 0 Å². The summed E-state index contributed by atoms with van der Waals surface area (Å²) in [6.07, 6.45) is 7.14. The lowest BCUT2D eigenvalue weighted by atomic mass is 9.93. The number of nitrogens with zero attached hydrogens (tertiary/aromatic N) is 3. The summed E-state index contributed by atoms with van der Waals surface area (Å²) >= 11 is 1.94. The van der Waals surface area contributed by atoms with Crippen LogP contribution in [0, 0.1) is 0 Å². The number of aromatic nitrogens is 3. The molecule has 1 aliphatic carbocycles. The summed E-state index contributed by atoms with van der Waals surface area (Å²) in [5, 5.41) is 13.3. The molecule has 0 fully saturated rings. The van der Waals surface area contributed by atoms with Crippen LogP contribution in [-0.4, -0.2) is 40.2 Å². The van der Waals surface area contributed by atoms with Crippen LogP contribution in [0.3, 0.4) is 0 Å². The number of ether oxygens (including phenoxy) is 1. The summed E-state index contributed by atoms with van der Waals surface area (Å²) in [7, 11) is 1.69. The summed E-state index contributed by atoms with van der Waals surface area (Å²) < 4.78 is 7.45. The van der Waals surface area contributed by atoms with Crippen molar-refractivity contribution in [1.29, 1.82) is 0 Å². The number of hydrogen-bond donors (Lipinski definition) is 2. The third-order valence-corrected chi connectivity index (χ3v) is 7.63. The van der Waals surface area contributed by atoms with E-state index in [1.165, 1.54) is 27.4 Å². The van der Waals surface area contributed by atoms with Crippen LogP contribution in [0.2, 0.25) is 0 Å². The average Bonchev–Trinajstić information content (AvgIpc) is 3.30. The molecule has 0 saturated heterocycles. The molecule has 168 valence electrons. The minimum atomic E-state index is 0.461. The average molecular weight is 458 g/mol. The molecule has 1 unspecified atom stereocenters. The Morgan fingerprint density at radius 1 is 1.21 bits per heavy atom. The standard InChI is InChI=1S/C26H27N5OS/c1-32-20-4-6-23-21(14-20)25(8-9-27-23)31-16-18-13-19(3-5-22(18)30-31)29-15-17-2-7-26-24(12-17)28-10-11-33-26/h2,4,6-9,12,14,16,19,28-29H,3,5,10-11,13,15H2,1H3. The molecule has 2 aromatic heterocycles. The molecule has 1 atom stereocenters. The van der Waals surface area contributed by atoms with Gasteiger partial charge in [-0.15, -0.1) is 11.8 Å². The van der Waals surface area contributed by atoms with Crippen molar-refractivity contribution in [2.24, 2.45) is 0 Å². The predicted molar refractivity (Wildman–Crippen MR) is 134 cm³/mol. The molecule has 2 N–H and O–H groups in total. The number of aryl methyl sites for hydroxylation is 1. The molecular formula is C26H27N5OS. The Labute approximate surface area is 197 Å². The maximum absolute atomic E-state index is 5.43. The fourth-order valence-corrected chi connectivity index (χ4v) is 5.67. The fourth-order valence-electron chi connectivity index (χ4n) is 4.80. The van der Waals surface area contributed by atoms with Crippen molar-refractivity contribution in [1.82, 2.24) is 20.1 Å². The molecule has 0 amide bonds. The minimum Gasteiger partial charge on any atom is -0.497 e. The van der Waals surface area contributed by atoms with E-state index in [-0.39, 0.29) is 0 Å². The molecule has 2 aromatic carbocycles. The monoisotopic (exact) mass is 457 g/mol. The summed E-state index contributed by atoms with van der Waals surface area (Å²) in [4.78, 5) is 5.87. The van der Waals surface area contributed by atoms with Gasteiger partial charge in [-0.25, -0.2) is 4.68 Å². The van der Waals surface area contributed by atoms with Crippen molar-refractivity contribution in [3.63, 3.8) is 0 Å². The lowest BCUT2D eigenvalue weighted by molar-refractivity contribution is 0.415. The first kappa shape index (κ1) is 20.6. The largest absolute Gasteiger partial charge is 0.497 e. The molecule has 3 heterocycles. The van der Waals surface area contributed by atoms with E-state index in [0.29, 0.717) is 6.04 Å². The first-order valence-corrected chi connectivity index (χ1v) is 12.5. The molecule has 0 bridgehead atoms. The Balaban J connectivity index is 1.19. The van der Waals surface area contributed by atoms with E-state index in [9.17, 15) is 0 Å². The van der Waals surface area contributed by atoms with Crippen LogP contribution >= 0.6 is 11.8 Å². The molecule has 0 saturated carbocycles. The molecule has 0 spiro atoms. The highest BCUT2D eigenvalue weighted by atomic mass is 32.2. The molecular weight excluding hydrogens is 430 g/mol. The van der Waals surface area contributed by atoms with Crippen LogP contribution in [0.25, 0.3) is 16.6 Å². The first-order valence-electron chi connectivity index (χ1n) is 11.5. The Bertz CT molecular complexity index is 1320. The Hall–Kier alpha value is -3.03. The van der Waals surface area contributed by atoms with Gasteiger partial charge in [0.2, 0.25) is 0 Å². The van der Waals surface area contributed by atoms with Crippen molar-refractivity contribution in [3.05, 3.63) is 71.7 Å².